The lowest BCUT2D eigenvalue weighted by Crippen LogP contribution is -2.37. The number of hydrogen-bond donors (Lipinski definition) is 4. The van der Waals surface area contributed by atoms with Gasteiger partial charge in [0.2, 0.25) is 0 Å². The van der Waals surface area contributed by atoms with Crippen molar-refractivity contribution in [3.63, 3.8) is 0 Å². The second-order valence-electron chi connectivity index (χ2n) is 8.69. The first-order chi connectivity index (χ1) is 14.1. The van der Waals surface area contributed by atoms with Gasteiger partial charge in [0.15, 0.2) is 0 Å². The Morgan fingerprint density at radius 3 is 1.52 bits per heavy atom. The lowest BCUT2D eigenvalue weighted by Gasteiger charge is -2.35. The quantitative estimate of drug-likeness (QED) is 0.490. The molecule has 0 heterocycles. The van der Waals surface area contributed by atoms with E-state index in [9.17, 15) is 20.4 Å². The Balaban J connectivity index is 1.84. The van der Waals surface area contributed by atoms with Crippen LogP contribution in [0.25, 0.3) is 0 Å². The van der Waals surface area contributed by atoms with E-state index in [1.165, 1.54) is 11.1 Å². The molecule has 0 aromatic carbocycles. The van der Waals surface area contributed by atoms with E-state index >= 15 is 0 Å². The van der Waals surface area contributed by atoms with Crippen LogP contribution in [0.15, 0.2) is 69.3 Å². The van der Waals surface area contributed by atoms with Gasteiger partial charge in [-0.2, -0.15) is 0 Å². The molecule has 156 valence electrons. The van der Waals surface area contributed by atoms with Gasteiger partial charge >= 0.3 is 0 Å². The number of hydrogen-bond acceptors (Lipinski definition) is 4. The highest BCUT2D eigenvalue weighted by molar-refractivity contribution is 5.52. The van der Waals surface area contributed by atoms with Gasteiger partial charge in [-0.1, -0.05) is 24.3 Å². The largest absolute Gasteiger partial charge is 0.511 e. The molecular formula is C25H32O4. The van der Waals surface area contributed by atoms with Crippen LogP contribution in [-0.2, 0) is 0 Å². The molecular weight excluding hydrogens is 364 g/mol. The standard InChI is InChI=1S/C25H32O4/c26-15-25(16-27,23(28)21-13-5-9-17-7-1-3-11-19(17)21)24(29)22-14-6-10-18-8-2-4-12-20(18)22/h5-6,9-10,26-29H,1-4,7-8,11-16H2. The van der Waals surface area contributed by atoms with Crippen LogP contribution in [0.5, 0.6) is 0 Å². The van der Waals surface area contributed by atoms with Crippen LogP contribution in [0.2, 0.25) is 0 Å². The fraction of sp³-hybridized carbons (Fsp3) is 0.520. The first-order valence-electron chi connectivity index (χ1n) is 11.0. The van der Waals surface area contributed by atoms with E-state index in [4.69, 9.17) is 0 Å². The van der Waals surface area contributed by atoms with Gasteiger partial charge in [0.25, 0.3) is 0 Å². The molecule has 4 aliphatic rings. The number of allylic oxidation sites excluding steroid dienone is 10. The summed E-state index contributed by atoms with van der Waals surface area (Å²) in [5, 5.41) is 43.5. The predicted octanol–water partition coefficient (Wildman–Crippen LogP) is 5.24. The van der Waals surface area contributed by atoms with E-state index in [0.29, 0.717) is 12.8 Å². The Morgan fingerprint density at radius 1 is 0.690 bits per heavy atom. The molecule has 0 radical (unpaired) electrons. The summed E-state index contributed by atoms with van der Waals surface area (Å²) in [5.41, 5.74) is 4.69. The van der Waals surface area contributed by atoms with E-state index in [-0.39, 0.29) is 11.5 Å². The van der Waals surface area contributed by atoms with E-state index < -0.39 is 18.6 Å². The van der Waals surface area contributed by atoms with Gasteiger partial charge in [-0.25, -0.2) is 0 Å². The van der Waals surface area contributed by atoms with Gasteiger partial charge < -0.3 is 20.4 Å². The summed E-state index contributed by atoms with van der Waals surface area (Å²) in [7, 11) is 0. The predicted molar refractivity (Wildman–Crippen MR) is 114 cm³/mol. The lowest BCUT2D eigenvalue weighted by atomic mass is 9.73. The highest BCUT2D eigenvalue weighted by atomic mass is 16.3. The Kier molecular flexibility index (Phi) is 5.84. The van der Waals surface area contributed by atoms with Crippen LogP contribution in [0.1, 0.15) is 64.2 Å². The van der Waals surface area contributed by atoms with Crippen molar-refractivity contribution < 1.29 is 20.4 Å². The van der Waals surface area contributed by atoms with Gasteiger partial charge in [-0.15, -0.1) is 0 Å². The summed E-state index contributed by atoms with van der Waals surface area (Å²) in [6, 6.07) is 0. The zero-order valence-electron chi connectivity index (χ0n) is 17.1. The van der Waals surface area contributed by atoms with Gasteiger partial charge in [0.1, 0.15) is 16.9 Å². The maximum atomic E-state index is 11.4. The Bertz CT molecular complexity index is 791. The van der Waals surface area contributed by atoms with Crippen LogP contribution >= 0.6 is 0 Å². The molecule has 4 heteroatoms. The van der Waals surface area contributed by atoms with Crippen molar-refractivity contribution in [3.05, 3.63) is 69.3 Å². The molecule has 4 aliphatic carbocycles. The monoisotopic (exact) mass is 396 g/mol. The van der Waals surface area contributed by atoms with Crippen LogP contribution in [0, 0.1) is 5.41 Å². The minimum Gasteiger partial charge on any atom is -0.511 e. The Morgan fingerprint density at radius 2 is 1.10 bits per heavy atom. The number of aliphatic hydroxyl groups is 4. The summed E-state index contributed by atoms with van der Waals surface area (Å²) in [6.07, 6.45) is 17.6. The topological polar surface area (TPSA) is 80.9 Å². The average Bonchev–Trinajstić information content (AvgIpc) is 2.79. The lowest BCUT2D eigenvalue weighted by molar-refractivity contribution is 0.0425. The minimum atomic E-state index is -1.56. The molecule has 0 saturated carbocycles. The molecule has 4 rings (SSSR count). The van der Waals surface area contributed by atoms with Crippen LogP contribution in [0.4, 0.5) is 0 Å². The van der Waals surface area contributed by atoms with E-state index in [1.807, 2.05) is 12.2 Å². The van der Waals surface area contributed by atoms with Crippen molar-refractivity contribution in [2.24, 2.45) is 5.41 Å². The fourth-order valence-corrected chi connectivity index (χ4v) is 5.32. The molecule has 0 unspecified atom stereocenters. The van der Waals surface area contributed by atoms with Crippen molar-refractivity contribution in [2.45, 2.75) is 64.2 Å². The van der Waals surface area contributed by atoms with E-state index in [2.05, 4.69) is 12.2 Å². The third-order valence-corrected chi connectivity index (χ3v) is 7.05. The van der Waals surface area contributed by atoms with Crippen molar-refractivity contribution in [1.29, 1.82) is 0 Å². The smallest absolute Gasteiger partial charge is 0.131 e. The number of rotatable bonds is 4. The molecule has 0 amide bonds. The van der Waals surface area contributed by atoms with E-state index in [0.717, 1.165) is 73.7 Å². The van der Waals surface area contributed by atoms with Crippen molar-refractivity contribution >= 4 is 0 Å². The Labute approximate surface area is 173 Å². The zero-order valence-corrected chi connectivity index (χ0v) is 17.1. The summed E-state index contributed by atoms with van der Waals surface area (Å²) >= 11 is 0. The summed E-state index contributed by atoms with van der Waals surface area (Å²) in [5.74, 6) is -0.141. The molecule has 0 bridgehead atoms. The molecule has 0 aromatic rings. The molecule has 29 heavy (non-hydrogen) atoms. The summed E-state index contributed by atoms with van der Waals surface area (Å²) in [6.45, 7) is -1.07. The zero-order chi connectivity index (χ0) is 20.4. The van der Waals surface area contributed by atoms with Gasteiger partial charge in [-0.05, 0) is 97.6 Å². The van der Waals surface area contributed by atoms with Crippen molar-refractivity contribution in [1.82, 2.24) is 0 Å². The second kappa shape index (κ2) is 8.37. The highest BCUT2D eigenvalue weighted by Gasteiger charge is 2.43. The highest BCUT2D eigenvalue weighted by Crippen LogP contribution is 2.46. The van der Waals surface area contributed by atoms with Crippen LogP contribution < -0.4 is 0 Å². The minimum absolute atomic E-state index is 0.0706. The number of aliphatic hydroxyl groups excluding tert-OH is 4. The maximum Gasteiger partial charge on any atom is 0.131 e. The first kappa shape index (κ1) is 20.2. The second-order valence-corrected chi connectivity index (χ2v) is 8.69. The molecule has 0 aromatic heterocycles. The SMILES string of the molecule is OCC(CO)(C(O)=C1CC=CC2=C1CCCC2)C(O)=C1CC=CC2=C1CCCC2. The van der Waals surface area contributed by atoms with Crippen molar-refractivity contribution in [3.8, 4) is 0 Å². The summed E-state index contributed by atoms with van der Waals surface area (Å²) < 4.78 is 0. The average molecular weight is 397 g/mol. The maximum absolute atomic E-state index is 11.4. The molecule has 4 nitrogen and oxygen atoms in total. The fourth-order valence-electron chi connectivity index (χ4n) is 5.32. The molecule has 0 fully saturated rings. The van der Waals surface area contributed by atoms with Gasteiger partial charge in [0, 0.05) is 0 Å². The molecule has 4 N–H and O–H groups in total. The third kappa shape index (κ3) is 3.43. The van der Waals surface area contributed by atoms with Crippen LogP contribution in [-0.4, -0.2) is 33.6 Å². The molecule has 0 spiro atoms. The molecule has 0 aliphatic heterocycles. The molecule has 0 saturated heterocycles. The van der Waals surface area contributed by atoms with Gasteiger partial charge in [0.05, 0.1) is 13.2 Å². The third-order valence-electron chi connectivity index (χ3n) is 7.05. The first-order valence-corrected chi connectivity index (χ1v) is 11.0. The van der Waals surface area contributed by atoms with Crippen molar-refractivity contribution in [2.75, 3.05) is 13.2 Å². The van der Waals surface area contributed by atoms with Gasteiger partial charge in [-0.3, -0.25) is 0 Å². The normalized spacial score (nSPS) is 25.7. The Hall–Kier alpha value is -2.04. The summed E-state index contributed by atoms with van der Waals surface area (Å²) in [4.78, 5) is 0. The van der Waals surface area contributed by atoms with Crippen LogP contribution in [0.3, 0.4) is 0 Å². The van der Waals surface area contributed by atoms with E-state index in [1.54, 1.807) is 0 Å². The molecule has 0 atom stereocenters.